The Labute approximate surface area is 66.2 Å². The third-order valence-electron chi connectivity index (χ3n) is 2.18. The van der Waals surface area contributed by atoms with Crippen LogP contribution in [0.3, 0.4) is 0 Å². The summed E-state index contributed by atoms with van der Waals surface area (Å²) in [5, 5.41) is 4.30. The van der Waals surface area contributed by atoms with Crippen LogP contribution in [-0.2, 0) is 0 Å². The number of nitrogens with one attached hydrogen (secondary N) is 1. The second-order valence-corrected chi connectivity index (χ2v) is 2.92. The average Bonchev–Trinajstić information content (AvgIpc) is 2.58. The smallest absolute Gasteiger partial charge is 0.109 e. The molecule has 0 unspecified atom stereocenters. The first-order valence-electron chi connectivity index (χ1n) is 4.09. The Hall–Kier alpha value is -0.830. The lowest BCUT2D eigenvalue weighted by molar-refractivity contribution is 0.441. The van der Waals surface area contributed by atoms with E-state index in [1.165, 1.54) is 0 Å². The molecular formula is C8H12N3. The van der Waals surface area contributed by atoms with E-state index in [1.54, 1.807) is 0 Å². The number of H-pyrrole nitrogens is 1. The number of imidazole rings is 1. The Kier molecular flexibility index (Phi) is 1.90. The first kappa shape index (κ1) is 6.85. The van der Waals surface area contributed by atoms with E-state index >= 15 is 0 Å². The number of piperidine rings is 1. The highest BCUT2D eigenvalue weighted by atomic mass is 14.9. The number of hydrogen-bond acceptors (Lipinski definition) is 1. The van der Waals surface area contributed by atoms with Crippen molar-refractivity contribution in [1.29, 1.82) is 0 Å². The molecule has 0 spiro atoms. The molecule has 0 aliphatic carbocycles. The molecule has 59 valence electrons. The topological polar surface area (TPSA) is 42.8 Å². The second-order valence-electron chi connectivity index (χ2n) is 2.92. The number of aromatic nitrogens is 2. The van der Waals surface area contributed by atoms with Gasteiger partial charge in [0.05, 0.1) is 0 Å². The summed E-state index contributed by atoms with van der Waals surface area (Å²) in [6.45, 7) is 2.01. The Morgan fingerprint density at radius 1 is 1.36 bits per heavy atom. The van der Waals surface area contributed by atoms with Gasteiger partial charge in [-0.2, -0.15) is 0 Å². The third kappa shape index (κ3) is 1.43. The standard InChI is InChI=1S/C8H12N3/c1-3-9-4-2-7(1)8-10-5-6-11-8/h5-7H,1-4H2,(H,10,11). The summed E-state index contributed by atoms with van der Waals surface area (Å²) in [6, 6.07) is 0. The molecule has 0 bridgehead atoms. The average molecular weight is 150 g/mol. The third-order valence-corrected chi connectivity index (χ3v) is 2.18. The zero-order chi connectivity index (χ0) is 7.52. The van der Waals surface area contributed by atoms with E-state index in [4.69, 9.17) is 0 Å². The van der Waals surface area contributed by atoms with E-state index in [2.05, 4.69) is 15.3 Å². The van der Waals surface area contributed by atoms with Crippen molar-refractivity contribution >= 4 is 0 Å². The molecule has 0 aromatic carbocycles. The predicted octanol–water partition coefficient (Wildman–Crippen LogP) is 0.891. The molecule has 0 saturated carbocycles. The van der Waals surface area contributed by atoms with Crippen LogP contribution in [0.1, 0.15) is 24.6 Å². The van der Waals surface area contributed by atoms with Gasteiger partial charge in [-0.05, 0) is 12.8 Å². The fraction of sp³-hybridized carbons (Fsp3) is 0.625. The molecule has 1 saturated heterocycles. The van der Waals surface area contributed by atoms with Crippen LogP contribution in [0.4, 0.5) is 0 Å². The fourth-order valence-corrected chi connectivity index (χ4v) is 1.52. The molecule has 1 fully saturated rings. The van der Waals surface area contributed by atoms with Gasteiger partial charge in [-0.1, -0.05) is 0 Å². The molecule has 0 atom stereocenters. The van der Waals surface area contributed by atoms with Crippen LogP contribution in [-0.4, -0.2) is 23.1 Å². The van der Waals surface area contributed by atoms with Crippen LogP contribution in [0.25, 0.3) is 0 Å². The largest absolute Gasteiger partial charge is 0.348 e. The van der Waals surface area contributed by atoms with Gasteiger partial charge in [0.1, 0.15) is 5.82 Å². The molecule has 1 N–H and O–H groups in total. The van der Waals surface area contributed by atoms with Crippen LogP contribution in [0.15, 0.2) is 12.4 Å². The van der Waals surface area contributed by atoms with Gasteiger partial charge in [0, 0.05) is 31.4 Å². The zero-order valence-electron chi connectivity index (χ0n) is 6.45. The second kappa shape index (κ2) is 3.05. The molecule has 1 aromatic rings. The Bertz CT molecular complexity index is 199. The van der Waals surface area contributed by atoms with Gasteiger partial charge in [0.2, 0.25) is 0 Å². The van der Waals surface area contributed by atoms with Crippen LogP contribution in [0, 0.1) is 0 Å². The molecule has 3 heteroatoms. The van der Waals surface area contributed by atoms with Gasteiger partial charge in [-0.25, -0.2) is 10.3 Å². The summed E-state index contributed by atoms with van der Waals surface area (Å²) >= 11 is 0. The summed E-state index contributed by atoms with van der Waals surface area (Å²) in [4.78, 5) is 7.40. The van der Waals surface area contributed by atoms with E-state index < -0.39 is 0 Å². The molecule has 11 heavy (non-hydrogen) atoms. The number of rotatable bonds is 1. The van der Waals surface area contributed by atoms with Gasteiger partial charge in [0.15, 0.2) is 0 Å². The van der Waals surface area contributed by atoms with Crippen LogP contribution in [0.2, 0.25) is 0 Å². The first-order chi connectivity index (χ1) is 5.47. The maximum absolute atomic E-state index is 4.30. The summed E-state index contributed by atoms with van der Waals surface area (Å²) in [7, 11) is 0. The monoisotopic (exact) mass is 150 g/mol. The van der Waals surface area contributed by atoms with E-state index in [1.807, 2.05) is 12.4 Å². The summed E-state index contributed by atoms with van der Waals surface area (Å²) in [5.41, 5.74) is 0. The van der Waals surface area contributed by atoms with E-state index in [-0.39, 0.29) is 0 Å². The minimum Gasteiger partial charge on any atom is -0.348 e. The van der Waals surface area contributed by atoms with Crippen molar-refractivity contribution in [3.8, 4) is 0 Å². The maximum Gasteiger partial charge on any atom is 0.109 e. The van der Waals surface area contributed by atoms with Crippen molar-refractivity contribution in [1.82, 2.24) is 15.3 Å². The zero-order valence-corrected chi connectivity index (χ0v) is 6.45. The van der Waals surface area contributed by atoms with Crippen molar-refractivity contribution < 1.29 is 0 Å². The molecule has 2 rings (SSSR count). The summed E-state index contributed by atoms with van der Waals surface area (Å²) < 4.78 is 0. The molecule has 0 amide bonds. The molecule has 1 radical (unpaired) electrons. The molecule has 1 aliphatic heterocycles. The van der Waals surface area contributed by atoms with Crippen LogP contribution in [0.5, 0.6) is 0 Å². The van der Waals surface area contributed by atoms with Gasteiger partial charge >= 0.3 is 0 Å². The van der Waals surface area contributed by atoms with E-state index in [9.17, 15) is 0 Å². The fourth-order valence-electron chi connectivity index (χ4n) is 1.52. The van der Waals surface area contributed by atoms with Crippen LogP contribution >= 0.6 is 0 Å². The number of aromatic amines is 1. The number of nitrogens with zero attached hydrogens (tertiary/aromatic N) is 2. The van der Waals surface area contributed by atoms with Crippen molar-refractivity contribution in [3.05, 3.63) is 18.2 Å². The molecule has 3 nitrogen and oxygen atoms in total. The highest BCUT2D eigenvalue weighted by molar-refractivity contribution is 4.98. The quantitative estimate of drug-likeness (QED) is 0.634. The minimum atomic E-state index is 0.627. The first-order valence-corrected chi connectivity index (χ1v) is 4.09. The Morgan fingerprint density at radius 2 is 2.18 bits per heavy atom. The molecule has 2 heterocycles. The van der Waals surface area contributed by atoms with E-state index in [0.29, 0.717) is 5.92 Å². The van der Waals surface area contributed by atoms with E-state index in [0.717, 1.165) is 31.8 Å². The summed E-state index contributed by atoms with van der Waals surface area (Å²) in [6.07, 6.45) is 6.03. The van der Waals surface area contributed by atoms with Gasteiger partial charge < -0.3 is 4.98 Å². The number of hydrogen-bond donors (Lipinski definition) is 1. The van der Waals surface area contributed by atoms with Crippen molar-refractivity contribution in [3.63, 3.8) is 0 Å². The lowest BCUT2D eigenvalue weighted by Crippen LogP contribution is -2.21. The molecule has 1 aromatic heterocycles. The highest BCUT2D eigenvalue weighted by Crippen LogP contribution is 2.21. The molecule has 1 aliphatic rings. The highest BCUT2D eigenvalue weighted by Gasteiger charge is 2.16. The lowest BCUT2D eigenvalue weighted by Gasteiger charge is -2.18. The van der Waals surface area contributed by atoms with Crippen molar-refractivity contribution in [2.45, 2.75) is 18.8 Å². The summed E-state index contributed by atoms with van der Waals surface area (Å²) in [5.74, 6) is 1.77. The van der Waals surface area contributed by atoms with Crippen molar-refractivity contribution in [2.75, 3.05) is 13.1 Å². The van der Waals surface area contributed by atoms with Gasteiger partial charge in [0.25, 0.3) is 0 Å². The Morgan fingerprint density at radius 3 is 2.82 bits per heavy atom. The SMILES string of the molecule is c1c[nH]c(C2CC[N]CC2)n1. The lowest BCUT2D eigenvalue weighted by atomic mass is 9.98. The van der Waals surface area contributed by atoms with Gasteiger partial charge in [-0.15, -0.1) is 0 Å². The maximum atomic E-state index is 4.30. The van der Waals surface area contributed by atoms with Gasteiger partial charge in [-0.3, -0.25) is 0 Å². The Balaban J connectivity index is 2.04. The molecular weight excluding hydrogens is 138 g/mol. The van der Waals surface area contributed by atoms with Crippen molar-refractivity contribution in [2.24, 2.45) is 0 Å². The minimum absolute atomic E-state index is 0.627. The predicted molar refractivity (Wildman–Crippen MR) is 42.4 cm³/mol. The normalized spacial score (nSPS) is 20.4. The van der Waals surface area contributed by atoms with Crippen LogP contribution < -0.4 is 5.32 Å².